The molecule has 1 aliphatic carbocycles. The van der Waals surface area contributed by atoms with Gasteiger partial charge >= 0.3 is 0 Å². The third-order valence-corrected chi connectivity index (χ3v) is 5.47. The Kier molecular flexibility index (Phi) is 4.64. The van der Waals surface area contributed by atoms with Crippen LogP contribution in [0.15, 0.2) is 0 Å². The van der Waals surface area contributed by atoms with Crippen LogP contribution < -0.4 is 5.32 Å². The van der Waals surface area contributed by atoms with Crippen LogP contribution in [0.3, 0.4) is 0 Å². The number of thiazole rings is 1. The van der Waals surface area contributed by atoms with E-state index in [0.717, 1.165) is 6.54 Å². The van der Waals surface area contributed by atoms with E-state index in [-0.39, 0.29) is 0 Å². The monoisotopic (exact) mass is 281 g/mol. The van der Waals surface area contributed by atoms with Crippen LogP contribution in [0, 0.1) is 13.8 Å². The Balaban J connectivity index is 1.99. The van der Waals surface area contributed by atoms with Gasteiger partial charge in [-0.3, -0.25) is 0 Å². The highest BCUT2D eigenvalue weighted by Gasteiger charge is 2.36. The van der Waals surface area contributed by atoms with E-state index in [9.17, 15) is 0 Å². The van der Waals surface area contributed by atoms with E-state index in [2.05, 4.69) is 50.1 Å². The van der Waals surface area contributed by atoms with Crippen molar-refractivity contribution in [1.82, 2.24) is 15.2 Å². The fourth-order valence-corrected chi connectivity index (χ4v) is 4.12. The van der Waals surface area contributed by atoms with Gasteiger partial charge in [0.05, 0.1) is 10.7 Å². The highest BCUT2D eigenvalue weighted by Crippen LogP contribution is 2.34. The van der Waals surface area contributed by atoms with E-state index >= 15 is 0 Å². The van der Waals surface area contributed by atoms with Gasteiger partial charge in [-0.2, -0.15) is 0 Å². The third-order valence-electron chi connectivity index (χ3n) is 4.57. The van der Waals surface area contributed by atoms with Gasteiger partial charge in [0.15, 0.2) is 0 Å². The Bertz CT molecular complexity index is 419. The highest BCUT2D eigenvalue weighted by atomic mass is 32.1. The summed E-state index contributed by atoms with van der Waals surface area (Å²) in [4.78, 5) is 8.43. The van der Waals surface area contributed by atoms with E-state index in [1.54, 1.807) is 11.3 Å². The van der Waals surface area contributed by atoms with Crippen molar-refractivity contribution in [3.63, 3.8) is 0 Å². The Hall–Kier alpha value is -0.450. The van der Waals surface area contributed by atoms with Crippen LogP contribution in [0.4, 0.5) is 0 Å². The minimum atomic E-state index is 0.349. The SMILES string of the molecule is Cc1nc(C(C)NCC2(N(C)C)CCCC2)c(C)s1. The molecule has 1 N–H and O–H groups in total. The van der Waals surface area contributed by atoms with E-state index < -0.39 is 0 Å². The molecule has 19 heavy (non-hydrogen) atoms. The smallest absolute Gasteiger partial charge is 0.0900 e. The number of aromatic nitrogens is 1. The van der Waals surface area contributed by atoms with Crippen molar-refractivity contribution in [2.24, 2.45) is 0 Å². The maximum Gasteiger partial charge on any atom is 0.0900 e. The van der Waals surface area contributed by atoms with Crippen molar-refractivity contribution < 1.29 is 0 Å². The van der Waals surface area contributed by atoms with Crippen LogP contribution in [0.2, 0.25) is 0 Å². The van der Waals surface area contributed by atoms with Gasteiger partial charge in [-0.1, -0.05) is 12.8 Å². The third kappa shape index (κ3) is 3.18. The maximum atomic E-state index is 4.67. The highest BCUT2D eigenvalue weighted by molar-refractivity contribution is 7.11. The lowest BCUT2D eigenvalue weighted by atomic mass is 9.95. The molecule has 3 nitrogen and oxygen atoms in total. The van der Waals surface area contributed by atoms with Gasteiger partial charge in [0.2, 0.25) is 0 Å². The lowest BCUT2D eigenvalue weighted by molar-refractivity contribution is 0.150. The molecule has 4 heteroatoms. The van der Waals surface area contributed by atoms with Crippen molar-refractivity contribution in [2.45, 2.75) is 58.0 Å². The van der Waals surface area contributed by atoms with Gasteiger partial charge < -0.3 is 10.2 Å². The molecule has 1 atom stereocenters. The molecule has 1 saturated carbocycles. The summed E-state index contributed by atoms with van der Waals surface area (Å²) in [5, 5.41) is 4.89. The lowest BCUT2D eigenvalue weighted by Gasteiger charge is -2.37. The molecule has 0 spiro atoms. The first kappa shape index (κ1) is 14.9. The summed E-state index contributed by atoms with van der Waals surface area (Å²) in [5.41, 5.74) is 1.59. The van der Waals surface area contributed by atoms with E-state index in [1.165, 1.54) is 41.3 Å². The molecule has 0 bridgehead atoms. The molecular formula is C15H27N3S. The molecular weight excluding hydrogens is 254 g/mol. The molecule has 1 heterocycles. The molecule has 0 aromatic carbocycles. The summed E-state index contributed by atoms with van der Waals surface area (Å²) < 4.78 is 0. The summed E-state index contributed by atoms with van der Waals surface area (Å²) >= 11 is 1.80. The van der Waals surface area contributed by atoms with Crippen molar-refractivity contribution in [3.8, 4) is 0 Å². The largest absolute Gasteiger partial charge is 0.307 e. The minimum absolute atomic E-state index is 0.349. The maximum absolute atomic E-state index is 4.67. The Morgan fingerprint density at radius 3 is 2.42 bits per heavy atom. The average Bonchev–Trinajstić information content (AvgIpc) is 2.94. The minimum Gasteiger partial charge on any atom is -0.307 e. The van der Waals surface area contributed by atoms with E-state index in [1.807, 2.05) is 0 Å². The second-order valence-electron chi connectivity index (χ2n) is 6.10. The Morgan fingerprint density at radius 1 is 1.32 bits per heavy atom. The summed E-state index contributed by atoms with van der Waals surface area (Å²) in [5.74, 6) is 0. The van der Waals surface area contributed by atoms with Crippen LogP contribution in [-0.2, 0) is 0 Å². The molecule has 108 valence electrons. The molecule has 1 aromatic rings. The van der Waals surface area contributed by atoms with Crippen LogP contribution in [0.25, 0.3) is 0 Å². The predicted molar refractivity (Wildman–Crippen MR) is 82.9 cm³/mol. The van der Waals surface area contributed by atoms with Crippen molar-refractivity contribution in [3.05, 3.63) is 15.6 Å². The first-order valence-electron chi connectivity index (χ1n) is 7.29. The zero-order valence-electron chi connectivity index (χ0n) is 12.9. The molecule has 1 aliphatic rings. The predicted octanol–water partition coefficient (Wildman–Crippen LogP) is 3.28. The van der Waals surface area contributed by atoms with Crippen molar-refractivity contribution in [2.75, 3.05) is 20.6 Å². The first-order valence-corrected chi connectivity index (χ1v) is 8.11. The average molecular weight is 281 g/mol. The molecule has 1 aromatic heterocycles. The quantitative estimate of drug-likeness (QED) is 0.897. The van der Waals surface area contributed by atoms with Gasteiger partial charge in [0.25, 0.3) is 0 Å². The molecule has 1 unspecified atom stereocenters. The van der Waals surface area contributed by atoms with E-state index in [4.69, 9.17) is 0 Å². The summed E-state index contributed by atoms with van der Waals surface area (Å²) in [6.07, 6.45) is 5.36. The molecule has 1 fully saturated rings. The number of hydrogen-bond donors (Lipinski definition) is 1. The fraction of sp³-hybridized carbons (Fsp3) is 0.800. The second-order valence-corrected chi connectivity index (χ2v) is 7.51. The Morgan fingerprint density at radius 2 is 1.95 bits per heavy atom. The number of nitrogens with one attached hydrogen (secondary N) is 1. The summed E-state index contributed by atoms with van der Waals surface area (Å²) in [6, 6.07) is 0.349. The summed E-state index contributed by atoms with van der Waals surface area (Å²) in [6.45, 7) is 7.57. The fourth-order valence-electron chi connectivity index (χ4n) is 3.20. The number of nitrogens with zero attached hydrogens (tertiary/aromatic N) is 2. The number of likely N-dealkylation sites (N-methyl/N-ethyl adjacent to an activating group) is 1. The molecule has 0 saturated heterocycles. The molecule has 2 rings (SSSR count). The molecule has 0 radical (unpaired) electrons. The standard InChI is InChI=1S/C15H27N3S/c1-11(14-12(2)19-13(3)17-14)16-10-15(18(4)5)8-6-7-9-15/h11,16H,6-10H2,1-5H3. The van der Waals surface area contributed by atoms with Crippen LogP contribution in [0.1, 0.15) is 54.2 Å². The second kappa shape index (κ2) is 5.90. The van der Waals surface area contributed by atoms with Gasteiger partial charge in [-0.25, -0.2) is 4.98 Å². The first-order chi connectivity index (χ1) is 8.94. The van der Waals surface area contributed by atoms with Gasteiger partial charge in [-0.15, -0.1) is 11.3 Å². The van der Waals surface area contributed by atoms with Gasteiger partial charge in [0, 0.05) is 23.0 Å². The number of rotatable bonds is 5. The normalized spacial score (nSPS) is 20.1. The molecule has 0 amide bonds. The number of hydrogen-bond acceptors (Lipinski definition) is 4. The van der Waals surface area contributed by atoms with Crippen LogP contribution >= 0.6 is 11.3 Å². The topological polar surface area (TPSA) is 28.2 Å². The van der Waals surface area contributed by atoms with E-state index in [0.29, 0.717) is 11.6 Å². The van der Waals surface area contributed by atoms with Crippen LogP contribution in [-0.4, -0.2) is 36.1 Å². The zero-order chi connectivity index (χ0) is 14.0. The zero-order valence-corrected chi connectivity index (χ0v) is 13.7. The van der Waals surface area contributed by atoms with Crippen LogP contribution in [0.5, 0.6) is 0 Å². The lowest BCUT2D eigenvalue weighted by Crippen LogP contribution is -2.50. The van der Waals surface area contributed by atoms with Gasteiger partial charge in [-0.05, 0) is 47.7 Å². The summed E-state index contributed by atoms with van der Waals surface area (Å²) in [7, 11) is 4.44. The number of aryl methyl sites for hydroxylation is 2. The Labute approximate surface area is 121 Å². The van der Waals surface area contributed by atoms with Crippen molar-refractivity contribution in [1.29, 1.82) is 0 Å². The van der Waals surface area contributed by atoms with Crippen molar-refractivity contribution >= 4 is 11.3 Å². The van der Waals surface area contributed by atoms with Gasteiger partial charge in [0.1, 0.15) is 0 Å². The molecule has 0 aliphatic heterocycles.